The third kappa shape index (κ3) is 4.16. The fraction of sp³-hybridized carbons (Fsp3) is 0.286. The molecule has 0 radical (unpaired) electrons. The van der Waals surface area contributed by atoms with E-state index in [0.29, 0.717) is 0 Å². The molecule has 2 rings (SSSR count). The van der Waals surface area contributed by atoms with Crippen molar-refractivity contribution < 1.29 is 17.9 Å². The van der Waals surface area contributed by atoms with Gasteiger partial charge in [0.15, 0.2) is 5.82 Å². The summed E-state index contributed by atoms with van der Waals surface area (Å²) in [7, 11) is 0. The van der Waals surface area contributed by atoms with E-state index in [1.54, 1.807) is 13.8 Å². The molecule has 0 saturated carbocycles. The number of anilines is 3. The Bertz CT molecular complexity index is 707. The number of nitrogen functional groups attached to an aromatic ring is 1. The Morgan fingerprint density at radius 2 is 1.96 bits per heavy atom. The first-order valence-corrected chi connectivity index (χ1v) is 6.97. The molecule has 0 aliphatic rings. The van der Waals surface area contributed by atoms with E-state index in [4.69, 9.17) is 22.1 Å². The highest BCUT2D eigenvalue weighted by molar-refractivity contribution is 6.31. The van der Waals surface area contributed by atoms with Crippen LogP contribution in [0.25, 0.3) is 0 Å². The number of rotatable bonds is 4. The van der Waals surface area contributed by atoms with Crippen molar-refractivity contribution >= 4 is 28.8 Å². The standard InChI is InChI=1S/C14H14ClF3N4O/c1-7(2)23-13-11(19)12(20-6-21-13)22-8-3-4-10(15)9(5-8)14(16,17)18/h3-7H,19H2,1-2H3,(H,20,21,22). The zero-order chi connectivity index (χ0) is 17.2. The van der Waals surface area contributed by atoms with Gasteiger partial charge >= 0.3 is 6.18 Å². The highest BCUT2D eigenvalue weighted by Gasteiger charge is 2.33. The number of nitrogens with two attached hydrogens (primary N) is 1. The second kappa shape index (κ2) is 6.49. The van der Waals surface area contributed by atoms with Crippen LogP contribution in [0, 0.1) is 0 Å². The van der Waals surface area contributed by atoms with Crippen molar-refractivity contribution in [3.05, 3.63) is 35.1 Å². The number of nitrogens with zero attached hydrogens (tertiary/aromatic N) is 2. The Labute approximate surface area is 135 Å². The van der Waals surface area contributed by atoms with Gasteiger partial charge in [0.05, 0.1) is 16.7 Å². The maximum absolute atomic E-state index is 12.9. The van der Waals surface area contributed by atoms with E-state index in [0.717, 1.165) is 12.1 Å². The Morgan fingerprint density at radius 3 is 2.57 bits per heavy atom. The second-order valence-corrected chi connectivity index (χ2v) is 5.33. The normalized spacial score (nSPS) is 11.6. The fourth-order valence-electron chi connectivity index (χ4n) is 1.75. The Kier molecular flexibility index (Phi) is 4.84. The van der Waals surface area contributed by atoms with Crippen molar-refractivity contribution in [3.63, 3.8) is 0 Å². The van der Waals surface area contributed by atoms with Gasteiger partial charge < -0.3 is 15.8 Å². The topological polar surface area (TPSA) is 73.1 Å². The summed E-state index contributed by atoms with van der Waals surface area (Å²) in [6.45, 7) is 3.59. The molecule has 0 unspecified atom stereocenters. The molecular formula is C14H14ClF3N4O. The van der Waals surface area contributed by atoms with E-state index in [-0.39, 0.29) is 34.2 Å². The third-order valence-corrected chi connectivity index (χ3v) is 3.06. The summed E-state index contributed by atoms with van der Waals surface area (Å²) >= 11 is 5.58. The Morgan fingerprint density at radius 1 is 1.26 bits per heavy atom. The second-order valence-electron chi connectivity index (χ2n) is 4.93. The largest absolute Gasteiger partial charge is 0.473 e. The molecule has 1 aromatic carbocycles. The highest BCUT2D eigenvalue weighted by Crippen LogP contribution is 2.37. The number of nitrogens with one attached hydrogen (secondary N) is 1. The molecule has 0 fully saturated rings. The lowest BCUT2D eigenvalue weighted by Crippen LogP contribution is -2.11. The summed E-state index contributed by atoms with van der Waals surface area (Å²) in [4.78, 5) is 7.81. The minimum absolute atomic E-state index is 0.102. The average molecular weight is 347 g/mol. The maximum Gasteiger partial charge on any atom is 0.417 e. The number of hydrogen-bond acceptors (Lipinski definition) is 5. The van der Waals surface area contributed by atoms with E-state index < -0.39 is 11.7 Å². The van der Waals surface area contributed by atoms with Crippen molar-refractivity contribution in [2.75, 3.05) is 11.1 Å². The first kappa shape index (κ1) is 17.1. The zero-order valence-corrected chi connectivity index (χ0v) is 13.0. The molecular weight excluding hydrogens is 333 g/mol. The van der Waals surface area contributed by atoms with Gasteiger partial charge in [-0.15, -0.1) is 0 Å². The van der Waals surface area contributed by atoms with Gasteiger partial charge in [0, 0.05) is 5.69 Å². The fourth-order valence-corrected chi connectivity index (χ4v) is 1.98. The minimum Gasteiger partial charge on any atom is -0.473 e. The number of benzene rings is 1. The molecule has 1 aromatic heterocycles. The van der Waals surface area contributed by atoms with Crippen molar-refractivity contribution in [1.29, 1.82) is 0 Å². The van der Waals surface area contributed by atoms with Gasteiger partial charge in [0.2, 0.25) is 5.88 Å². The van der Waals surface area contributed by atoms with Crippen LogP contribution in [0.1, 0.15) is 19.4 Å². The van der Waals surface area contributed by atoms with E-state index >= 15 is 0 Å². The number of ether oxygens (including phenoxy) is 1. The first-order valence-electron chi connectivity index (χ1n) is 6.59. The van der Waals surface area contributed by atoms with E-state index in [9.17, 15) is 13.2 Å². The molecule has 0 spiro atoms. The Balaban J connectivity index is 2.33. The number of halogens is 4. The van der Waals surface area contributed by atoms with Crippen LogP contribution in [0.15, 0.2) is 24.5 Å². The van der Waals surface area contributed by atoms with Crippen LogP contribution in [0.3, 0.4) is 0 Å². The SMILES string of the molecule is CC(C)Oc1ncnc(Nc2ccc(Cl)c(C(F)(F)F)c2)c1N. The van der Waals surface area contributed by atoms with Crippen LogP contribution in [-0.2, 0) is 6.18 Å². The molecule has 2 aromatic rings. The summed E-state index contributed by atoms with van der Waals surface area (Å²) < 4.78 is 44.0. The maximum atomic E-state index is 12.9. The molecule has 0 aliphatic heterocycles. The van der Waals surface area contributed by atoms with Crippen molar-refractivity contribution in [2.45, 2.75) is 26.1 Å². The van der Waals surface area contributed by atoms with Gasteiger partial charge in [-0.05, 0) is 32.0 Å². The molecule has 0 bridgehead atoms. The van der Waals surface area contributed by atoms with Crippen LogP contribution in [0.4, 0.5) is 30.4 Å². The van der Waals surface area contributed by atoms with Crippen LogP contribution in [0.2, 0.25) is 5.02 Å². The quantitative estimate of drug-likeness (QED) is 0.865. The van der Waals surface area contributed by atoms with Gasteiger partial charge in [-0.25, -0.2) is 4.98 Å². The third-order valence-electron chi connectivity index (χ3n) is 2.73. The molecule has 124 valence electrons. The average Bonchev–Trinajstić information content (AvgIpc) is 2.43. The molecule has 0 aliphatic carbocycles. The minimum atomic E-state index is -4.56. The molecule has 1 heterocycles. The van der Waals surface area contributed by atoms with Gasteiger partial charge in [-0.2, -0.15) is 18.2 Å². The van der Waals surface area contributed by atoms with Crippen molar-refractivity contribution in [1.82, 2.24) is 9.97 Å². The van der Waals surface area contributed by atoms with Crippen molar-refractivity contribution in [2.24, 2.45) is 0 Å². The highest BCUT2D eigenvalue weighted by atomic mass is 35.5. The first-order chi connectivity index (χ1) is 10.7. The number of hydrogen-bond donors (Lipinski definition) is 2. The summed E-state index contributed by atoms with van der Waals surface area (Å²) in [5.41, 5.74) is 5.17. The molecule has 9 heteroatoms. The zero-order valence-electron chi connectivity index (χ0n) is 12.3. The molecule has 0 amide bonds. The molecule has 3 N–H and O–H groups in total. The predicted molar refractivity (Wildman–Crippen MR) is 81.9 cm³/mol. The Hall–Kier alpha value is -2.22. The van der Waals surface area contributed by atoms with Crippen LogP contribution in [-0.4, -0.2) is 16.1 Å². The van der Waals surface area contributed by atoms with Gasteiger partial charge in [-0.3, -0.25) is 0 Å². The van der Waals surface area contributed by atoms with Crippen molar-refractivity contribution in [3.8, 4) is 5.88 Å². The van der Waals surface area contributed by atoms with Crippen LogP contribution in [0.5, 0.6) is 5.88 Å². The van der Waals surface area contributed by atoms with Gasteiger partial charge in [-0.1, -0.05) is 11.6 Å². The summed E-state index contributed by atoms with van der Waals surface area (Å²) in [6, 6.07) is 3.42. The summed E-state index contributed by atoms with van der Waals surface area (Å²) in [5, 5.41) is 2.32. The van der Waals surface area contributed by atoms with E-state index in [1.165, 1.54) is 12.4 Å². The lowest BCUT2D eigenvalue weighted by molar-refractivity contribution is -0.137. The smallest absolute Gasteiger partial charge is 0.417 e. The van der Waals surface area contributed by atoms with Gasteiger partial charge in [0.25, 0.3) is 0 Å². The number of alkyl halides is 3. The van der Waals surface area contributed by atoms with Crippen LogP contribution >= 0.6 is 11.6 Å². The number of aromatic nitrogens is 2. The molecule has 0 saturated heterocycles. The molecule has 23 heavy (non-hydrogen) atoms. The van der Waals surface area contributed by atoms with E-state index in [2.05, 4.69) is 15.3 Å². The monoisotopic (exact) mass is 346 g/mol. The molecule has 0 atom stereocenters. The predicted octanol–water partition coefficient (Wildman–Crippen LogP) is 4.26. The van der Waals surface area contributed by atoms with E-state index in [1.807, 2.05) is 0 Å². The molecule has 5 nitrogen and oxygen atoms in total. The lowest BCUT2D eigenvalue weighted by atomic mass is 10.2. The lowest BCUT2D eigenvalue weighted by Gasteiger charge is -2.15. The summed E-state index contributed by atoms with van der Waals surface area (Å²) in [6.07, 6.45) is -3.51. The van der Waals surface area contributed by atoms with Crippen LogP contribution < -0.4 is 15.8 Å². The summed E-state index contributed by atoms with van der Waals surface area (Å²) in [5.74, 6) is 0.300. The van der Waals surface area contributed by atoms with Gasteiger partial charge in [0.1, 0.15) is 12.0 Å².